The summed E-state index contributed by atoms with van der Waals surface area (Å²) in [6.45, 7) is 23.2. The molecule has 0 bridgehead atoms. The Labute approximate surface area is 385 Å². The van der Waals surface area contributed by atoms with Crippen LogP contribution in [0, 0.1) is 35.5 Å². The summed E-state index contributed by atoms with van der Waals surface area (Å²) in [5.74, 6) is 2.48. The lowest BCUT2D eigenvalue weighted by molar-refractivity contribution is -0.114. The molecule has 12 nitrogen and oxygen atoms in total. The first-order chi connectivity index (χ1) is 27.5. The molecule has 6 rings (SSSR count). The number of sulfone groups is 2. The summed E-state index contributed by atoms with van der Waals surface area (Å²) >= 11 is 3.28. The Hall–Kier alpha value is -2.64. The highest BCUT2D eigenvalue weighted by molar-refractivity contribution is 8.04. The molecule has 0 amide bonds. The van der Waals surface area contributed by atoms with E-state index >= 15 is 0 Å². The second-order valence-electron chi connectivity index (χ2n) is 16.1. The highest BCUT2D eigenvalue weighted by atomic mass is 32.2. The van der Waals surface area contributed by atoms with Crippen LogP contribution in [0.4, 0.5) is 0 Å². The SMILES string of the molecule is C.C.CC(C)C1=CC(=O)CS1.CC(C)C1=CC(=O)CS1(=O)=O.CC(C)C1=CC(=O)CS1=O.CC(C)C1=CS(=O)(=O)CC1=O.CC(C)C1=CS(=O)CC1=O.CC(C)C1=CSCC1=O. The van der Waals surface area contributed by atoms with Crippen molar-refractivity contribution in [1.29, 1.82) is 0 Å². The van der Waals surface area contributed by atoms with Gasteiger partial charge in [0.1, 0.15) is 11.5 Å². The van der Waals surface area contributed by atoms with E-state index in [4.69, 9.17) is 0 Å². The summed E-state index contributed by atoms with van der Waals surface area (Å²) in [5.41, 5.74) is 2.17. The number of rotatable bonds is 6. The predicted octanol–water partition coefficient (Wildman–Crippen LogP) is 7.72. The summed E-state index contributed by atoms with van der Waals surface area (Å²) < 4.78 is 65.8. The molecule has 0 saturated carbocycles. The molecule has 0 aromatic carbocycles. The number of carbonyl (C=O) groups is 6. The van der Waals surface area contributed by atoms with Gasteiger partial charge in [0.25, 0.3) is 0 Å². The first-order valence-corrected chi connectivity index (χ1v) is 27.5. The van der Waals surface area contributed by atoms with Gasteiger partial charge in [-0.25, -0.2) is 16.8 Å². The van der Waals surface area contributed by atoms with E-state index in [2.05, 4.69) is 27.7 Å². The fourth-order valence-corrected chi connectivity index (χ4v) is 13.0. The van der Waals surface area contributed by atoms with Crippen LogP contribution in [0.3, 0.4) is 0 Å². The van der Waals surface area contributed by atoms with Crippen LogP contribution in [0.2, 0.25) is 0 Å². The molecule has 0 saturated heterocycles. The number of Topliss-reactive ketones (excluding diaryl/α,β-unsaturated/α-hetero) is 3. The minimum absolute atomic E-state index is 0. The molecule has 6 aliphatic heterocycles. The zero-order chi connectivity index (χ0) is 46.4. The zero-order valence-electron chi connectivity index (χ0n) is 36.5. The lowest BCUT2D eigenvalue weighted by Gasteiger charge is -2.03. The third-order valence-electron chi connectivity index (χ3n) is 8.65. The highest BCUT2D eigenvalue weighted by Gasteiger charge is 2.30. The van der Waals surface area contributed by atoms with Gasteiger partial charge in [0.15, 0.2) is 54.4 Å². The number of ketones is 6. The molecule has 0 aromatic heterocycles. The van der Waals surface area contributed by atoms with Crippen molar-refractivity contribution in [2.75, 3.05) is 34.5 Å². The first-order valence-electron chi connectivity index (χ1n) is 19.4. The maximum Gasteiger partial charge on any atom is 0.182 e. The van der Waals surface area contributed by atoms with Crippen molar-refractivity contribution < 1.29 is 54.0 Å². The average molecular weight is 981 g/mol. The Kier molecular flexibility index (Phi) is 27.4. The Balaban J connectivity index is 0. The van der Waals surface area contributed by atoms with Crippen molar-refractivity contribution in [1.82, 2.24) is 0 Å². The van der Waals surface area contributed by atoms with Gasteiger partial charge in [-0.15, -0.1) is 23.5 Å². The normalized spacial score (nSPS) is 21.8. The van der Waals surface area contributed by atoms with E-state index in [1.807, 2.05) is 47.0 Å². The van der Waals surface area contributed by atoms with E-state index < -0.39 is 41.3 Å². The summed E-state index contributed by atoms with van der Waals surface area (Å²) in [6, 6.07) is 0. The minimum atomic E-state index is -3.22. The van der Waals surface area contributed by atoms with Crippen molar-refractivity contribution in [2.24, 2.45) is 35.5 Å². The van der Waals surface area contributed by atoms with E-state index in [1.165, 1.54) is 17.1 Å². The number of carbonyl (C=O) groups excluding carboxylic acids is 6. The van der Waals surface area contributed by atoms with Crippen molar-refractivity contribution in [3.05, 3.63) is 65.9 Å². The fraction of sp³-hybridized carbons (Fsp3) is 0.591. The molecule has 352 valence electrons. The molecule has 0 aromatic rings. The van der Waals surface area contributed by atoms with Gasteiger partial charge in [-0.3, -0.25) is 37.2 Å². The molecule has 18 heteroatoms. The third kappa shape index (κ3) is 20.9. The topological polar surface area (TPSA) is 205 Å². The molecule has 6 heterocycles. The van der Waals surface area contributed by atoms with Gasteiger partial charge in [-0.05, 0) is 64.0 Å². The lowest BCUT2D eigenvalue weighted by Crippen LogP contribution is -2.09. The standard InChI is InChI=1S/2C7H10O3S.2C7H10O2S.2C7H10OS.2CH4/c1-5(2)6-3-11(9,10)4-7(6)8;1-5(2)7-3-6(8)4-11(7,9)10;1-5(2)6-3-10(9)4-7(6)8;1-5(2)7-3-6(8)4-10(7)9;1-5(2)6-3-9-4-7(6)8;1-5(2)7-3-6(8)4-9-7;;/h2*3,5H,4H2,1-2H3;2*3,5H,4H2,1-2H3;2*3,5H,4H2,1-2H3;2*1H4. The second-order valence-corrected chi connectivity index (χ2v) is 24.6. The van der Waals surface area contributed by atoms with Gasteiger partial charge < -0.3 is 0 Å². The molecule has 62 heavy (non-hydrogen) atoms. The molecule has 0 aliphatic carbocycles. The van der Waals surface area contributed by atoms with Gasteiger partial charge in [0.2, 0.25) is 0 Å². The van der Waals surface area contributed by atoms with Crippen molar-refractivity contribution in [3.63, 3.8) is 0 Å². The summed E-state index contributed by atoms with van der Waals surface area (Å²) in [5, 5.41) is 4.65. The van der Waals surface area contributed by atoms with Crippen molar-refractivity contribution in [3.8, 4) is 0 Å². The molecule has 0 radical (unpaired) electrons. The number of hydrogen-bond acceptors (Lipinski definition) is 14. The Morgan fingerprint density at radius 1 is 0.548 bits per heavy atom. The average Bonchev–Trinajstić information content (AvgIpc) is 3.95. The van der Waals surface area contributed by atoms with Crippen molar-refractivity contribution >= 4 is 99.5 Å². The quantitative estimate of drug-likeness (QED) is 0.250. The third-order valence-corrected chi connectivity index (χ3v) is 16.8. The van der Waals surface area contributed by atoms with Crippen LogP contribution in [-0.4, -0.2) is 94.5 Å². The molecular weight excluding hydrogens is 913 g/mol. The van der Waals surface area contributed by atoms with E-state index in [1.54, 1.807) is 48.9 Å². The number of thioether (sulfide) groups is 2. The molecule has 2 unspecified atom stereocenters. The van der Waals surface area contributed by atoms with Crippen molar-refractivity contribution in [2.45, 2.75) is 97.9 Å². The molecule has 0 spiro atoms. The maximum absolute atomic E-state index is 11.1. The van der Waals surface area contributed by atoms with Crippen LogP contribution >= 0.6 is 23.5 Å². The van der Waals surface area contributed by atoms with E-state index in [0.29, 0.717) is 34.7 Å². The van der Waals surface area contributed by atoms with Crippen LogP contribution in [0.15, 0.2) is 65.9 Å². The Morgan fingerprint density at radius 2 is 1.10 bits per heavy atom. The predicted molar refractivity (Wildman–Crippen MR) is 260 cm³/mol. The Morgan fingerprint density at radius 3 is 1.29 bits per heavy atom. The van der Waals surface area contributed by atoms with Crippen LogP contribution < -0.4 is 0 Å². The van der Waals surface area contributed by atoms with Crippen LogP contribution in [0.25, 0.3) is 0 Å². The number of hydrogen-bond donors (Lipinski definition) is 0. The van der Waals surface area contributed by atoms with Gasteiger partial charge >= 0.3 is 0 Å². The van der Waals surface area contributed by atoms with Crippen LogP contribution in [-0.2, 0) is 70.0 Å². The molecule has 6 aliphatic rings. The highest BCUT2D eigenvalue weighted by Crippen LogP contribution is 2.29. The molecular formula is C44H68O12S6. The summed E-state index contributed by atoms with van der Waals surface area (Å²) in [7, 11) is -8.45. The molecule has 0 N–H and O–H groups in total. The van der Waals surface area contributed by atoms with Crippen LogP contribution in [0.5, 0.6) is 0 Å². The monoisotopic (exact) mass is 980 g/mol. The largest absolute Gasteiger partial charge is 0.294 e. The van der Waals surface area contributed by atoms with Gasteiger partial charge in [-0.2, -0.15) is 0 Å². The number of allylic oxidation sites excluding steroid dienone is 9. The van der Waals surface area contributed by atoms with E-state index in [9.17, 15) is 54.0 Å². The van der Waals surface area contributed by atoms with Gasteiger partial charge in [0, 0.05) is 32.4 Å². The first kappa shape index (κ1) is 61.4. The second kappa shape index (κ2) is 27.6. The maximum atomic E-state index is 11.1. The molecule has 0 fully saturated rings. The lowest BCUT2D eigenvalue weighted by atomic mass is 10.0. The summed E-state index contributed by atoms with van der Waals surface area (Å²) in [4.78, 5) is 67.3. The summed E-state index contributed by atoms with van der Waals surface area (Å²) in [6.07, 6.45) is 4.51. The fourth-order valence-electron chi connectivity index (χ4n) is 5.48. The minimum Gasteiger partial charge on any atom is -0.294 e. The van der Waals surface area contributed by atoms with Gasteiger partial charge in [0.05, 0.1) is 49.5 Å². The Bertz CT molecular complexity index is 2090. The smallest absolute Gasteiger partial charge is 0.182 e. The van der Waals surface area contributed by atoms with E-state index in [-0.39, 0.29) is 95.4 Å². The van der Waals surface area contributed by atoms with Gasteiger partial charge in [-0.1, -0.05) is 97.9 Å². The zero-order valence-corrected chi connectivity index (χ0v) is 41.4. The molecule has 2 atom stereocenters. The van der Waals surface area contributed by atoms with Crippen LogP contribution in [0.1, 0.15) is 97.9 Å². The van der Waals surface area contributed by atoms with E-state index in [0.717, 1.165) is 21.5 Å².